The van der Waals surface area contributed by atoms with E-state index in [0.717, 1.165) is 30.8 Å². The molecule has 0 aliphatic carbocycles. The fourth-order valence-corrected chi connectivity index (χ4v) is 4.31. The van der Waals surface area contributed by atoms with Crippen molar-refractivity contribution < 1.29 is 32.6 Å². The van der Waals surface area contributed by atoms with Crippen molar-refractivity contribution in [3.63, 3.8) is 0 Å². The summed E-state index contributed by atoms with van der Waals surface area (Å²) in [6.07, 6.45) is -1.94. The van der Waals surface area contributed by atoms with Crippen LogP contribution < -0.4 is 0 Å². The van der Waals surface area contributed by atoms with E-state index in [1.807, 2.05) is 35.7 Å². The molecule has 26 heavy (non-hydrogen) atoms. The molecule has 1 aromatic heterocycles. The number of amides is 1. The number of rotatable bonds is 2. The van der Waals surface area contributed by atoms with Crippen LogP contribution in [0.25, 0.3) is 0 Å². The summed E-state index contributed by atoms with van der Waals surface area (Å²) in [4.78, 5) is 27.2. The topological polar surface area (TPSA) is 79.7 Å². The van der Waals surface area contributed by atoms with Gasteiger partial charge in [-0.05, 0) is 25.0 Å². The minimum atomic E-state index is -5.08. The number of carboxylic acid groups (broad SMARTS) is 1. The molecule has 0 saturated carbocycles. The molecule has 3 heterocycles. The average Bonchev–Trinajstić information content (AvgIpc) is 2.98. The molecule has 10 heteroatoms. The van der Waals surface area contributed by atoms with Crippen LogP contribution in [0.2, 0.25) is 0 Å². The predicted octanol–water partition coefficient (Wildman–Crippen LogP) is 2.37. The third kappa shape index (κ3) is 4.88. The first-order valence-corrected chi connectivity index (χ1v) is 8.74. The Hall–Kier alpha value is -1.81. The van der Waals surface area contributed by atoms with E-state index in [1.54, 1.807) is 13.3 Å². The molecule has 1 amide bonds. The van der Waals surface area contributed by atoms with Crippen molar-refractivity contribution in [1.29, 1.82) is 0 Å². The summed E-state index contributed by atoms with van der Waals surface area (Å²) in [5, 5.41) is 7.12. The van der Waals surface area contributed by atoms with Crippen LogP contribution in [0.15, 0.2) is 18.3 Å². The summed E-state index contributed by atoms with van der Waals surface area (Å²) in [5.41, 5.74) is 1.62. The number of likely N-dealkylation sites (tertiary alicyclic amines) is 1. The Bertz CT molecular complexity index is 660. The fourth-order valence-electron chi connectivity index (χ4n) is 2.72. The number of pyridine rings is 1. The van der Waals surface area contributed by atoms with E-state index in [4.69, 9.17) is 14.6 Å². The van der Waals surface area contributed by atoms with Gasteiger partial charge >= 0.3 is 12.1 Å². The van der Waals surface area contributed by atoms with Gasteiger partial charge in [-0.1, -0.05) is 6.07 Å². The minimum absolute atomic E-state index is 0.0482. The third-order valence-corrected chi connectivity index (χ3v) is 5.70. The Morgan fingerprint density at radius 1 is 1.38 bits per heavy atom. The van der Waals surface area contributed by atoms with Crippen molar-refractivity contribution in [2.75, 3.05) is 26.0 Å². The van der Waals surface area contributed by atoms with E-state index in [2.05, 4.69) is 4.98 Å². The van der Waals surface area contributed by atoms with Gasteiger partial charge in [0.15, 0.2) is 0 Å². The molecule has 1 spiro atoms. The van der Waals surface area contributed by atoms with E-state index in [0.29, 0.717) is 11.8 Å². The Morgan fingerprint density at radius 2 is 2.00 bits per heavy atom. The van der Waals surface area contributed by atoms with Gasteiger partial charge in [-0.25, -0.2) is 4.79 Å². The number of nitrogens with zero attached hydrogens (tertiary/aromatic N) is 2. The molecular weight excluding hydrogens is 373 g/mol. The summed E-state index contributed by atoms with van der Waals surface area (Å²) in [6.45, 7) is 3.62. The molecule has 6 nitrogen and oxygen atoms in total. The van der Waals surface area contributed by atoms with Crippen molar-refractivity contribution in [2.24, 2.45) is 0 Å². The molecule has 0 radical (unpaired) electrons. The Balaban J connectivity index is 0.000000298. The van der Waals surface area contributed by atoms with Gasteiger partial charge in [-0.2, -0.15) is 13.2 Å². The lowest BCUT2D eigenvalue weighted by molar-refractivity contribution is -0.192. The van der Waals surface area contributed by atoms with E-state index in [-0.39, 0.29) is 10.7 Å². The standard InChI is InChI=1S/C14H18N2O2S.C2HF3O2/c1-10-3-4-12(15-6-10)13(17)16-8-14(9-16)5-11(18-2)7-19-14;3-2(4,5)1(6)7/h3-4,6,11H,5,7-9H2,1-2H3;(H,6,7). The first kappa shape index (κ1) is 20.5. The van der Waals surface area contributed by atoms with Gasteiger partial charge in [-0.15, -0.1) is 11.8 Å². The van der Waals surface area contributed by atoms with Crippen LogP contribution in [0.3, 0.4) is 0 Å². The molecule has 144 valence electrons. The van der Waals surface area contributed by atoms with Crippen LogP contribution in [0, 0.1) is 6.92 Å². The maximum absolute atomic E-state index is 12.3. The maximum Gasteiger partial charge on any atom is 0.490 e. The van der Waals surface area contributed by atoms with E-state index in [9.17, 15) is 18.0 Å². The van der Waals surface area contributed by atoms with Gasteiger partial charge in [0.05, 0.1) is 10.9 Å². The number of aliphatic carboxylic acids is 1. The van der Waals surface area contributed by atoms with Crippen LogP contribution in [-0.4, -0.2) is 69.8 Å². The Morgan fingerprint density at radius 3 is 2.42 bits per heavy atom. The molecule has 0 aromatic carbocycles. The number of carbonyl (C=O) groups is 2. The van der Waals surface area contributed by atoms with Crippen LogP contribution >= 0.6 is 11.8 Å². The van der Waals surface area contributed by atoms with Gasteiger partial charge in [0, 0.05) is 32.1 Å². The van der Waals surface area contributed by atoms with Gasteiger partial charge in [0.25, 0.3) is 5.91 Å². The Kier molecular flexibility index (Phi) is 6.17. The van der Waals surface area contributed by atoms with Crippen LogP contribution in [0.1, 0.15) is 22.5 Å². The molecule has 0 bridgehead atoms. The summed E-state index contributed by atoms with van der Waals surface area (Å²) < 4.78 is 37.4. The average molecular weight is 392 g/mol. The lowest BCUT2D eigenvalue weighted by Gasteiger charge is -2.47. The number of alkyl halides is 3. The number of thioether (sulfide) groups is 1. The number of methoxy groups -OCH3 is 1. The molecule has 2 aliphatic rings. The molecule has 1 N–H and O–H groups in total. The highest BCUT2D eigenvalue weighted by Crippen LogP contribution is 2.46. The maximum atomic E-state index is 12.3. The highest BCUT2D eigenvalue weighted by atomic mass is 32.2. The van der Waals surface area contributed by atoms with E-state index in [1.165, 1.54) is 0 Å². The second kappa shape index (κ2) is 7.83. The van der Waals surface area contributed by atoms with Gasteiger partial charge < -0.3 is 14.7 Å². The zero-order valence-electron chi connectivity index (χ0n) is 14.2. The van der Waals surface area contributed by atoms with Gasteiger partial charge in [0.1, 0.15) is 5.69 Å². The number of aryl methyl sites for hydroxylation is 1. The minimum Gasteiger partial charge on any atom is -0.475 e. The number of ether oxygens (including phenoxy) is 1. The third-order valence-electron chi connectivity index (χ3n) is 4.13. The first-order valence-electron chi connectivity index (χ1n) is 7.75. The van der Waals surface area contributed by atoms with Crippen LogP contribution in [-0.2, 0) is 9.53 Å². The second-order valence-electron chi connectivity index (χ2n) is 6.24. The van der Waals surface area contributed by atoms with Crippen LogP contribution in [0.5, 0.6) is 0 Å². The van der Waals surface area contributed by atoms with E-state index < -0.39 is 12.1 Å². The van der Waals surface area contributed by atoms with Crippen molar-refractivity contribution in [3.8, 4) is 0 Å². The summed E-state index contributed by atoms with van der Waals surface area (Å²) in [7, 11) is 1.77. The molecule has 2 aliphatic heterocycles. The largest absolute Gasteiger partial charge is 0.490 e. The quantitative estimate of drug-likeness (QED) is 0.833. The summed E-state index contributed by atoms with van der Waals surface area (Å²) >= 11 is 1.94. The number of aromatic nitrogens is 1. The predicted molar refractivity (Wildman–Crippen MR) is 89.2 cm³/mol. The fraction of sp³-hybridized carbons (Fsp3) is 0.562. The number of carboxylic acids is 1. The number of carbonyl (C=O) groups excluding carboxylic acids is 1. The smallest absolute Gasteiger partial charge is 0.475 e. The lowest BCUT2D eigenvalue weighted by Crippen LogP contribution is -2.60. The van der Waals surface area contributed by atoms with Crippen molar-refractivity contribution in [3.05, 3.63) is 29.6 Å². The molecule has 2 fully saturated rings. The molecule has 2 saturated heterocycles. The summed E-state index contributed by atoms with van der Waals surface area (Å²) in [5.74, 6) is -1.67. The van der Waals surface area contributed by atoms with Crippen LogP contribution in [0.4, 0.5) is 13.2 Å². The zero-order valence-corrected chi connectivity index (χ0v) is 15.1. The Labute approximate surface area is 152 Å². The van der Waals surface area contributed by atoms with Crippen molar-refractivity contribution >= 4 is 23.6 Å². The first-order chi connectivity index (χ1) is 12.1. The monoisotopic (exact) mass is 392 g/mol. The molecular formula is C16H19F3N2O4S. The van der Waals surface area contributed by atoms with E-state index >= 15 is 0 Å². The van der Waals surface area contributed by atoms with Gasteiger partial charge in [0.2, 0.25) is 0 Å². The second-order valence-corrected chi connectivity index (χ2v) is 7.73. The zero-order chi connectivity index (χ0) is 19.5. The SMILES string of the molecule is COC1CSC2(C1)CN(C(=O)c1ccc(C)cn1)C2.O=C(O)C(F)(F)F. The van der Waals surface area contributed by atoms with Crippen molar-refractivity contribution in [2.45, 2.75) is 30.4 Å². The molecule has 1 unspecified atom stereocenters. The summed E-state index contributed by atoms with van der Waals surface area (Å²) in [6, 6.07) is 3.74. The number of halogens is 3. The van der Waals surface area contributed by atoms with Crippen molar-refractivity contribution in [1.82, 2.24) is 9.88 Å². The van der Waals surface area contributed by atoms with Gasteiger partial charge in [-0.3, -0.25) is 9.78 Å². The lowest BCUT2D eigenvalue weighted by atomic mass is 9.92. The molecule has 1 atom stereocenters. The number of hydrogen-bond acceptors (Lipinski definition) is 5. The highest BCUT2D eigenvalue weighted by molar-refractivity contribution is 8.01. The normalized spacial score (nSPS) is 21.0. The molecule has 3 rings (SSSR count). The number of hydrogen-bond donors (Lipinski definition) is 1. The highest BCUT2D eigenvalue weighted by Gasteiger charge is 2.50. The molecule has 1 aromatic rings.